The van der Waals surface area contributed by atoms with Crippen molar-refractivity contribution in [3.63, 3.8) is 0 Å². The maximum atomic E-state index is 11.8. The first kappa shape index (κ1) is 15.2. The number of carbonyl (C=O) groups is 1. The predicted molar refractivity (Wildman–Crippen MR) is 76.4 cm³/mol. The van der Waals surface area contributed by atoms with Crippen LogP contribution in [0.4, 0.5) is 0 Å². The number of hydrogen-bond acceptors (Lipinski definition) is 4. The van der Waals surface area contributed by atoms with Crippen LogP contribution in [0.5, 0.6) is 0 Å². The van der Waals surface area contributed by atoms with E-state index >= 15 is 0 Å². The van der Waals surface area contributed by atoms with Gasteiger partial charge in [0.05, 0.1) is 5.69 Å². The van der Waals surface area contributed by atoms with Gasteiger partial charge in [-0.25, -0.2) is 17.8 Å². The number of aliphatic carboxylic acids is 1. The maximum absolute atomic E-state index is 11.8. The van der Waals surface area contributed by atoms with Crippen molar-refractivity contribution in [1.82, 2.24) is 14.5 Å². The molecule has 2 N–H and O–H groups in total. The first-order valence-electron chi connectivity index (χ1n) is 6.21. The van der Waals surface area contributed by atoms with E-state index in [1.54, 1.807) is 41.3 Å². The van der Waals surface area contributed by atoms with E-state index < -0.39 is 21.2 Å². The number of carboxylic acids is 1. The van der Waals surface area contributed by atoms with Gasteiger partial charge in [0.2, 0.25) is 10.0 Å². The van der Waals surface area contributed by atoms with Crippen LogP contribution in [-0.2, 0) is 21.4 Å². The molecule has 2 aromatic rings. The van der Waals surface area contributed by atoms with E-state index in [-0.39, 0.29) is 6.54 Å². The minimum Gasteiger partial charge on any atom is -0.480 e. The zero-order valence-electron chi connectivity index (χ0n) is 11.3. The second-order valence-corrected chi connectivity index (χ2v) is 6.51. The predicted octanol–water partition coefficient (Wildman–Crippen LogP) is 0.765. The van der Waals surface area contributed by atoms with Crippen molar-refractivity contribution in [2.45, 2.75) is 18.7 Å². The fourth-order valence-electron chi connectivity index (χ4n) is 1.73. The Morgan fingerprint density at radius 3 is 2.71 bits per heavy atom. The lowest BCUT2D eigenvalue weighted by Crippen LogP contribution is -2.37. The lowest BCUT2D eigenvalue weighted by molar-refractivity contribution is -0.136. The molecule has 0 bridgehead atoms. The molecule has 0 amide bonds. The summed E-state index contributed by atoms with van der Waals surface area (Å²) < 4.78 is 27.6. The Morgan fingerprint density at radius 1 is 1.38 bits per heavy atom. The van der Waals surface area contributed by atoms with Gasteiger partial charge in [-0.3, -0.25) is 4.79 Å². The van der Waals surface area contributed by atoms with Crippen molar-refractivity contribution in [3.05, 3.63) is 48.3 Å². The van der Waals surface area contributed by atoms with Crippen molar-refractivity contribution < 1.29 is 18.3 Å². The van der Waals surface area contributed by atoms with E-state index in [0.29, 0.717) is 5.56 Å². The smallest absolute Gasteiger partial charge is 0.323 e. The zero-order valence-corrected chi connectivity index (χ0v) is 12.1. The van der Waals surface area contributed by atoms with Gasteiger partial charge in [0.15, 0.2) is 5.25 Å². The summed E-state index contributed by atoms with van der Waals surface area (Å²) in [6.07, 6.45) is 3.36. The van der Waals surface area contributed by atoms with Crippen molar-refractivity contribution >= 4 is 16.0 Å². The molecule has 1 atom stereocenters. The third kappa shape index (κ3) is 3.47. The van der Waals surface area contributed by atoms with Crippen LogP contribution >= 0.6 is 0 Å². The summed E-state index contributed by atoms with van der Waals surface area (Å²) in [5, 5.41) is 11.4. The van der Waals surface area contributed by atoms with Crippen molar-refractivity contribution in [1.29, 1.82) is 0 Å². The molecule has 0 aliphatic heterocycles. The summed E-state index contributed by atoms with van der Waals surface area (Å²) in [6.45, 7) is 1.13. The molecular formula is C13H15N3O4S. The number of hydrogen-bond donors (Lipinski definition) is 2. The van der Waals surface area contributed by atoms with Crippen LogP contribution in [0.2, 0.25) is 0 Å². The summed E-state index contributed by atoms with van der Waals surface area (Å²) >= 11 is 0. The first-order valence-corrected chi connectivity index (χ1v) is 7.75. The van der Waals surface area contributed by atoms with E-state index in [9.17, 15) is 13.2 Å². The number of carboxylic acid groups (broad SMARTS) is 1. The fraction of sp³-hybridized carbons (Fsp3) is 0.231. The molecule has 1 aromatic carbocycles. The molecule has 8 heteroatoms. The average Bonchev–Trinajstić information content (AvgIpc) is 2.98. The molecular weight excluding hydrogens is 294 g/mol. The van der Waals surface area contributed by atoms with Gasteiger partial charge in [0.25, 0.3) is 0 Å². The molecule has 0 saturated carbocycles. The number of sulfonamides is 1. The average molecular weight is 309 g/mol. The molecule has 0 radical (unpaired) electrons. The highest BCUT2D eigenvalue weighted by Crippen LogP contribution is 2.14. The molecule has 1 unspecified atom stereocenters. The van der Waals surface area contributed by atoms with Crippen LogP contribution in [0.3, 0.4) is 0 Å². The monoisotopic (exact) mass is 309 g/mol. The molecule has 2 rings (SSSR count). The van der Waals surface area contributed by atoms with Gasteiger partial charge in [0, 0.05) is 18.9 Å². The molecule has 112 valence electrons. The van der Waals surface area contributed by atoms with Crippen LogP contribution in [0.25, 0.3) is 5.69 Å². The van der Waals surface area contributed by atoms with Gasteiger partial charge in [-0.05, 0) is 24.6 Å². The van der Waals surface area contributed by atoms with Crippen molar-refractivity contribution in [3.8, 4) is 5.69 Å². The number of nitrogens with one attached hydrogen (secondary N) is 1. The highest BCUT2D eigenvalue weighted by Gasteiger charge is 2.27. The molecule has 1 aromatic heterocycles. The van der Waals surface area contributed by atoms with Crippen LogP contribution in [0.1, 0.15) is 12.5 Å². The third-order valence-corrected chi connectivity index (χ3v) is 4.70. The molecule has 0 aliphatic carbocycles. The minimum absolute atomic E-state index is 0.00398. The maximum Gasteiger partial charge on any atom is 0.323 e. The van der Waals surface area contributed by atoms with Gasteiger partial charge in [-0.2, -0.15) is 5.10 Å². The topological polar surface area (TPSA) is 101 Å². The van der Waals surface area contributed by atoms with Gasteiger partial charge >= 0.3 is 5.97 Å². The Kier molecular flexibility index (Phi) is 4.39. The molecule has 1 heterocycles. The Bertz CT molecular complexity index is 726. The minimum atomic E-state index is -3.92. The summed E-state index contributed by atoms with van der Waals surface area (Å²) in [4.78, 5) is 10.8. The fourth-order valence-corrected chi connectivity index (χ4v) is 2.60. The van der Waals surface area contributed by atoms with Crippen molar-refractivity contribution in [2.24, 2.45) is 0 Å². The number of nitrogens with zero attached hydrogens (tertiary/aromatic N) is 2. The highest BCUT2D eigenvalue weighted by molar-refractivity contribution is 7.90. The molecule has 21 heavy (non-hydrogen) atoms. The Hall–Kier alpha value is -2.19. The van der Waals surface area contributed by atoms with Gasteiger partial charge in [-0.1, -0.05) is 18.2 Å². The van der Waals surface area contributed by atoms with E-state index in [1.807, 2.05) is 6.07 Å². The Labute approximate surface area is 122 Å². The molecule has 0 fully saturated rings. The second kappa shape index (κ2) is 6.06. The number of benzene rings is 1. The Morgan fingerprint density at radius 2 is 2.10 bits per heavy atom. The summed E-state index contributed by atoms with van der Waals surface area (Å²) in [7, 11) is -3.92. The second-order valence-electron chi connectivity index (χ2n) is 4.43. The van der Waals surface area contributed by atoms with Crippen LogP contribution in [-0.4, -0.2) is 34.5 Å². The van der Waals surface area contributed by atoms with Crippen LogP contribution in [0, 0.1) is 0 Å². The largest absolute Gasteiger partial charge is 0.480 e. The molecule has 7 nitrogen and oxygen atoms in total. The van der Waals surface area contributed by atoms with Crippen LogP contribution < -0.4 is 4.72 Å². The highest BCUT2D eigenvalue weighted by atomic mass is 32.2. The molecule has 0 saturated heterocycles. The summed E-state index contributed by atoms with van der Waals surface area (Å²) in [5.41, 5.74) is 1.43. The van der Waals surface area contributed by atoms with E-state index in [4.69, 9.17) is 5.11 Å². The SMILES string of the molecule is CC(C(=O)O)S(=O)(=O)NCc1ccccc1-n1cccn1. The first-order chi connectivity index (χ1) is 9.92. The summed E-state index contributed by atoms with van der Waals surface area (Å²) in [5.74, 6) is -1.39. The van der Waals surface area contributed by atoms with Crippen LogP contribution in [0.15, 0.2) is 42.7 Å². The molecule has 0 aliphatic rings. The molecule has 0 spiro atoms. The lowest BCUT2D eigenvalue weighted by atomic mass is 10.2. The van der Waals surface area contributed by atoms with E-state index in [2.05, 4.69) is 9.82 Å². The summed E-state index contributed by atoms with van der Waals surface area (Å²) in [6, 6.07) is 8.90. The lowest BCUT2D eigenvalue weighted by Gasteiger charge is -2.13. The number of aromatic nitrogens is 2. The third-order valence-electron chi connectivity index (χ3n) is 3.02. The zero-order chi connectivity index (χ0) is 15.5. The quantitative estimate of drug-likeness (QED) is 0.820. The number of rotatable bonds is 6. The standard InChI is InChI=1S/C13H15N3O4S/c1-10(13(17)18)21(19,20)15-9-11-5-2-3-6-12(11)16-8-4-7-14-16/h2-8,10,15H,9H2,1H3,(H,17,18). The van der Waals surface area contributed by atoms with Gasteiger partial charge in [0.1, 0.15) is 0 Å². The van der Waals surface area contributed by atoms with E-state index in [1.165, 1.54) is 0 Å². The Balaban J connectivity index is 2.20. The number of para-hydroxylation sites is 1. The van der Waals surface area contributed by atoms with Gasteiger partial charge < -0.3 is 5.11 Å². The van der Waals surface area contributed by atoms with E-state index in [0.717, 1.165) is 12.6 Å². The van der Waals surface area contributed by atoms with Crippen molar-refractivity contribution in [2.75, 3.05) is 0 Å². The normalized spacial score (nSPS) is 13.0. The van der Waals surface area contributed by atoms with Gasteiger partial charge in [-0.15, -0.1) is 0 Å².